The van der Waals surface area contributed by atoms with Crippen molar-refractivity contribution in [3.63, 3.8) is 0 Å². The lowest BCUT2D eigenvalue weighted by atomic mass is 9.82. The van der Waals surface area contributed by atoms with Crippen LogP contribution in [0.5, 0.6) is 0 Å². The molecule has 426 valence electrons. The van der Waals surface area contributed by atoms with E-state index in [2.05, 4.69) is 26.6 Å². The summed E-state index contributed by atoms with van der Waals surface area (Å²) in [6, 6.07) is 5.83. The number of nitrogens with zero attached hydrogens (tertiary/aromatic N) is 4. The van der Waals surface area contributed by atoms with E-state index in [1.165, 1.54) is 18.9 Å². The molecule has 1 aliphatic rings. The van der Waals surface area contributed by atoms with Crippen molar-refractivity contribution in [1.82, 2.24) is 45.9 Å². The number of nitrogens with one attached hydrogen (secondary N) is 5. The van der Waals surface area contributed by atoms with Gasteiger partial charge >= 0.3 is 11.9 Å². The van der Waals surface area contributed by atoms with Crippen molar-refractivity contribution in [2.45, 2.75) is 96.6 Å². The molecule has 2 aromatic carbocycles. The lowest BCUT2D eigenvalue weighted by Crippen LogP contribution is -2.58. The van der Waals surface area contributed by atoms with E-state index in [1.54, 1.807) is 55.8 Å². The number of likely N-dealkylation sites (N-methyl/N-ethyl adjacent to an activating group) is 1. The fourth-order valence-corrected chi connectivity index (χ4v) is 8.30. The number of carboxylic acid groups (broad SMARTS) is 2. The third kappa shape index (κ3) is 18.4. The average molecular weight is 1110 g/mol. The number of carbonyl (C=O) groups is 12. The fraction of sp³-hybridized carbons (Fsp3) is 0.423. The Balaban J connectivity index is 1.66. The Morgan fingerprint density at radius 3 is 2.00 bits per heavy atom. The molecule has 0 saturated carbocycles. The smallest absolute Gasteiger partial charge is 0.326 e. The molecule has 0 bridgehead atoms. The summed E-state index contributed by atoms with van der Waals surface area (Å²) < 4.78 is 31.7. The molecule has 0 saturated heterocycles. The molecule has 2 heterocycles. The van der Waals surface area contributed by atoms with Crippen molar-refractivity contribution in [3.8, 4) is 11.1 Å². The number of halogens is 2. The van der Waals surface area contributed by atoms with Gasteiger partial charge in [-0.2, -0.15) is 0 Å². The number of rotatable bonds is 29. The minimum Gasteiger partial charge on any atom is -0.481 e. The summed E-state index contributed by atoms with van der Waals surface area (Å²) in [5, 5.41) is 40.6. The zero-order valence-corrected chi connectivity index (χ0v) is 44.0. The normalized spacial score (nSPS) is 14.0. The van der Waals surface area contributed by atoms with E-state index in [0.717, 1.165) is 40.8 Å². The van der Waals surface area contributed by atoms with Gasteiger partial charge in [0.05, 0.1) is 19.0 Å². The van der Waals surface area contributed by atoms with Crippen LogP contribution in [-0.2, 0) is 64.1 Å². The van der Waals surface area contributed by atoms with Gasteiger partial charge in [0.15, 0.2) is 0 Å². The van der Waals surface area contributed by atoms with Crippen LogP contribution in [0.15, 0.2) is 72.9 Å². The monoisotopic (exact) mass is 1110 g/mol. The molecule has 10 N–H and O–H groups in total. The predicted octanol–water partition coefficient (Wildman–Crippen LogP) is -0.547. The minimum absolute atomic E-state index is 0.105. The molecule has 4 rings (SSSR count). The van der Waals surface area contributed by atoms with Gasteiger partial charge in [-0.1, -0.05) is 51.1 Å². The Bertz CT molecular complexity index is 2820. The van der Waals surface area contributed by atoms with Crippen molar-refractivity contribution in [2.24, 2.45) is 11.1 Å². The summed E-state index contributed by atoms with van der Waals surface area (Å²) in [5.41, 5.74) is 5.78. The molecule has 1 aromatic heterocycles. The van der Waals surface area contributed by atoms with Crippen LogP contribution >= 0.6 is 0 Å². The number of carbonyl (C=O) groups excluding carboxylic acids is 10. The predicted molar refractivity (Wildman–Crippen MR) is 274 cm³/mol. The quantitative estimate of drug-likeness (QED) is 0.0394. The molecule has 5 atom stereocenters. The van der Waals surface area contributed by atoms with Gasteiger partial charge in [-0.25, -0.2) is 13.6 Å². The van der Waals surface area contributed by atoms with Gasteiger partial charge in [-0.3, -0.25) is 57.6 Å². The first-order chi connectivity index (χ1) is 37.1. The number of nitrogens with two attached hydrogens (primary N) is 1. The number of aliphatic carboxylic acids is 2. The van der Waals surface area contributed by atoms with Crippen LogP contribution in [0.3, 0.4) is 0 Å². The van der Waals surface area contributed by atoms with E-state index in [-0.39, 0.29) is 17.7 Å². The van der Waals surface area contributed by atoms with Gasteiger partial charge < -0.3 is 62.0 Å². The Morgan fingerprint density at radius 1 is 0.759 bits per heavy atom. The number of amides is 10. The second-order valence-electron chi connectivity index (χ2n) is 19.5. The van der Waals surface area contributed by atoms with E-state index in [0.29, 0.717) is 10.6 Å². The molecule has 0 fully saturated rings. The average Bonchev–Trinajstić information content (AvgIpc) is 3.94. The molecule has 79 heavy (non-hydrogen) atoms. The van der Waals surface area contributed by atoms with Crippen LogP contribution in [0.25, 0.3) is 11.1 Å². The lowest BCUT2D eigenvalue weighted by molar-refractivity contribution is -0.143. The third-order valence-electron chi connectivity index (χ3n) is 12.5. The number of benzene rings is 2. The molecule has 10 amide bonds. The maximum absolute atomic E-state index is 15.4. The van der Waals surface area contributed by atoms with E-state index >= 15 is 4.39 Å². The van der Waals surface area contributed by atoms with Crippen molar-refractivity contribution in [3.05, 3.63) is 95.8 Å². The van der Waals surface area contributed by atoms with Gasteiger partial charge in [0.2, 0.25) is 47.3 Å². The lowest BCUT2D eigenvalue weighted by Gasteiger charge is -2.41. The van der Waals surface area contributed by atoms with E-state index in [4.69, 9.17) is 10.8 Å². The molecule has 3 aromatic rings. The highest BCUT2D eigenvalue weighted by molar-refractivity contribution is 6.14. The molecule has 0 aliphatic carbocycles. The van der Waals surface area contributed by atoms with Crippen molar-refractivity contribution >= 4 is 71.0 Å². The van der Waals surface area contributed by atoms with Gasteiger partial charge in [-0.15, -0.1) is 0 Å². The molecular formula is C52H64F2N10O15. The first-order valence-electron chi connectivity index (χ1n) is 24.7. The first kappa shape index (κ1) is 62.7. The Hall–Kier alpha value is -8.88. The fourth-order valence-electron chi connectivity index (χ4n) is 8.30. The van der Waals surface area contributed by atoms with E-state index < -0.39 is 183 Å². The summed E-state index contributed by atoms with van der Waals surface area (Å²) >= 11 is 0. The van der Waals surface area contributed by atoms with Crippen molar-refractivity contribution in [2.75, 3.05) is 39.8 Å². The number of hydrogen-bond acceptors (Lipinski definition) is 13. The zero-order valence-electron chi connectivity index (χ0n) is 44.0. The maximum Gasteiger partial charge on any atom is 0.326 e. The van der Waals surface area contributed by atoms with Gasteiger partial charge in [0, 0.05) is 74.7 Å². The number of imide groups is 1. The molecule has 27 heteroatoms. The minimum atomic E-state index is -1.85. The number of aliphatic hydroxyl groups excluding tert-OH is 1. The van der Waals surface area contributed by atoms with Gasteiger partial charge in [0.1, 0.15) is 49.0 Å². The Labute approximate surface area is 451 Å². The second kappa shape index (κ2) is 28.5. The van der Waals surface area contributed by atoms with E-state index in [1.807, 2.05) is 12.1 Å². The van der Waals surface area contributed by atoms with Crippen LogP contribution in [0.2, 0.25) is 0 Å². The third-order valence-corrected chi connectivity index (χ3v) is 12.5. The first-order valence-corrected chi connectivity index (χ1v) is 24.7. The van der Waals surface area contributed by atoms with Crippen molar-refractivity contribution in [1.29, 1.82) is 0 Å². The molecule has 0 unspecified atom stereocenters. The second-order valence-corrected chi connectivity index (χ2v) is 19.5. The molecule has 25 nitrogen and oxygen atoms in total. The standard InChI is InChI=1S/C52H64F2N10O15/c1-29(61(5)44(71)24-57-41(68)27-64-42(69)14-15-43(64)70)48(75)60-37(23-39(55)66)50(77)59-35(49(76)56-19-17-40(67)58-36(51(78)79)13-16-46(73)74)18-20-63(45(72)28-65)47(52(2,3)4)38-21-31(33-22-32(53)11-12-34(33)54)26-62(38)25-30-9-7-6-8-10-30/h6-12,14-15,21-22,26,29,35-37,47,65H,13,16-20,23-25,27-28H2,1-5H3,(H2,55,66)(H,56,76)(H,57,68)(H,58,67)(H,59,77)(H,60,75)(H,73,74)(H,78,79)/t29-,35-,36+,37-,47-/m0/s1. The zero-order chi connectivity index (χ0) is 58.9. The summed E-state index contributed by atoms with van der Waals surface area (Å²) in [4.78, 5) is 156. The number of aromatic nitrogens is 1. The van der Waals surface area contributed by atoms with Crippen LogP contribution in [-0.4, -0.2) is 170 Å². The van der Waals surface area contributed by atoms with Gasteiger partial charge in [-0.05, 0) is 55.0 Å². The van der Waals surface area contributed by atoms with Gasteiger partial charge in [0.25, 0.3) is 11.8 Å². The number of aliphatic hydroxyl groups is 1. The van der Waals surface area contributed by atoms with Crippen molar-refractivity contribution < 1.29 is 81.6 Å². The molecule has 1 aliphatic heterocycles. The summed E-state index contributed by atoms with van der Waals surface area (Å²) in [6.07, 6.45) is 0.479. The molecule has 0 spiro atoms. The van der Waals surface area contributed by atoms with Crippen LogP contribution in [0, 0.1) is 17.0 Å². The molecule has 0 radical (unpaired) electrons. The summed E-state index contributed by atoms with van der Waals surface area (Å²) in [7, 11) is 1.17. The topological polar surface area (TPSA) is 366 Å². The summed E-state index contributed by atoms with van der Waals surface area (Å²) in [6.45, 7) is 3.19. The SMILES string of the molecule is C[C@@H](C(=O)N[C@@H](CC(N)=O)C(=O)N[C@@H](CCN(C(=O)CO)[C@@H](c1cc(-c2cc(F)ccc2F)cn1Cc1ccccc1)C(C)(C)C)C(=O)NCCC(=O)N[C@H](CCC(=O)O)C(=O)O)N(C)C(=O)CNC(=O)CN1C(=O)C=CC1=O. The summed E-state index contributed by atoms with van der Waals surface area (Å²) in [5.74, 6) is -13.7. The van der Waals surface area contributed by atoms with E-state index in [9.17, 15) is 72.1 Å². The van der Waals surface area contributed by atoms with Crippen LogP contribution < -0.4 is 32.3 Å². The highest BCUT2D eigenvalue weighted by Crippen LogP contribution is 2.41. The Kier molecular flexibility index (Phi) is 22.6. The number of carboxylic acids is 2. The molecular weight excluding hydrogens is 1040 g/mol. The number of primary amides is 1. The number of hydrogen-bond donors (Lipinski definition) is 9. The Morgan fingerprint density at radius 2 is 1.41 bits per heavy atom. The highest BCUT2D eigenvalue weighted by Gasteiger charge is 2.39. The highest BCUT2D eigenvalue weighted by atomic mass is 19.1. The van der Waals surface area contributed by atoms with Crippen LogP contribution in [0.4, 0.5) is 8.78 Å². The maximum atomic E-state index is 15.4. The van der Waals surface area contributed by atoms with Crippen LogP contribution in [0.1, 0.15) is 77.1 Å². The largest absolute Gasteiger partial charge is 0.481 e.